The van der Waals surface area contributed by atoms with Crippen LogP contribution in [0.5, 0.6) is 0 Å². The lowest BCUT2D eigenvalue weighted by Crippen LogP contribution is -2.16. The van der Waals surface area contributed by atoms with Crippen molar-refractivity contribution in [3.05, 3.63) is 0 Å². The Balaban J connectivity index is 3.06. The fourth-order valence-corrected chi connectivity index (χ4v) is 0.881. The summed E-state index contributed by atoms with van der Waals surface area (Å²) in [6.45, 7) is 3.47. The molecule has 0 aliphatic heterocycles. The predicted molar refractivity (Wildman–Crippen MR) is 51.3 cm³/mol. The molecule has 1 atom stereocenters. The molecule has 0 N–H and O–H groups in total. The lowest BCUT2D eigenvalue weighted by Gasteiger charge is -2.11. The van der Waals surface area contributed by atoms with Crippen LogP contribution in [0.4, 0.5) is 0 Å². The lowest BCUT2D eigenvalue weighted by molar-refractivity contribution is 0.398. The van der Waals surface area contributed by atoms with Gasteiger partial charge < -0.3 is 4.90 Å². The van der Waals surface area contributed by atoms with Gasteiger partial charge in [0.05, 0.1) is 0 Å². The summed E-state index contributed by atoms with van der Waals surface area (Å²) < 4.78 is 0.866. The second-order valence-electron chi connectivity index (χ2n) is 2.60. The van der Waals surface area contributed by atoms with Crippen molar-refractivity contribution in [3.8, 4) is 0 Å². The number of hydrogen-bond acceptors (Lipinski definition) is 1. The van der Waals surface area contributed by atoms with Crippen molar-refractivity contribution < 1.29 is 0 Å². The van der Waals surface area contributed by atoms with Gasteiger partial charge in [-0.05, 0) is 33.5 Å². The number of alkyl halides is 1. The highest BCUT2D eigenvalue weighted by Gasteiger charge is 1.99. The van der Waals surface area contributed by atoms with E-state index in [0.717, 1.165) is 3.92 Å². The predicted octanol–water partition coefficient (Wildman–Crippen LogP) is 2.15. The molecule has 9 heavy (non-hydrogen) atoms. The molecule has 0 radical (unpaired) electrons. The van der Waals surface area contributed by atoms with Crippen LogP contribution in [0.15, 0.2) is 0 Å². The summed E-state index contributed by atoms with van der Waals surface area (Å²) in [5, 5.41) is 0. The summed E-state index contributed by atoms with van der Waals surface area (Å²) in [6, 6.07) is 0. The summed E-state index contributed by atoms with van der Waals surface area (Å²) in [4.78, 5) is 2.24. The SMILES string of the molecule is CCC(I)CCN(C)C. The molecule has 0 saturated carbocycles. The maximum absolute atomic E-state index is 2.51. The first kappa shape index (κ1) is 9.69. The van der Waals surface area contributed by atoms with Gasteiger partial charge in [0.25, 0.3) is 0 Å². The van der Waals surface area contributed by atoms with Gasteiger partial charge in [0, 0.05) is 3.92 Å². The maximum atomic E-state index is 2.51. The van der Waals surface area contributed by atoms with Crippen LogP contribution in [0, 0.1) is 0 Å². The Bertz CT molecular complexity index is 63.9. The summed E-state index contributed by atoms with van der Waals surface area (Å²) in [6.07, 6.45) is 2.62. The summed E-state index contributed by atoms with van der Waals surface area (Å²) >= 11 is 2.51. The van der Waals surface area contributed by atoms with Crippen LogP contribution in [0.3, 0.4) is 0 Å². The van der Waals surface area contributed by atoms with Gasteiger partial charge >= 0.3 is 0 Å². The molecule has 0 aliphatic carbocycles. The molecule has 0 saturated heterocycles. The molecule has 0 aromatic carbocycles. The smallest absolute Gasteiger partial charge is 0.0119 e. The van der Waals surface area contributed by atoms with E-state index in [-0.39, 0.29) is 0 Å². The molecular formula is C7H16IN. The molecule has 0 aromatic heterocycles. The van der Waals surface area contributed by atoms with Gasteiger partial charge in [-0.15, -0.1) is 0 Å². The molecule has 0 heterocycles. The van der Waals surface area contributed by atoms with Crippen LogP contribution < -0.4 is 0 Å². The topological polar surface area (TPSA) is 3.24 Å². The molecule has 0 amide bonds. The molecule has 1 unspecified atom stereocenters. The van der Waals surface area contributed by atoms with Crippen molar-refractivity contribution in [1.82, 2.24) is 4.90 Å². The van der Waals surface area contributed by atoms with E-state index < -0.39 is 0 Å². The van der Waals surface area contributed by atoms with Crippen molar-refractivity contribution in [2.24, 2.45) is 0 Å². The van der Waals surface area contributed by atoms with E-state index in [2.05, 4.69) is 48.5 Å². The van der Waals surface area contributed by atoms with Gasteiger partial charge in [0.1, 0.15) is 0 Å². The van der Waals surface area contributed by atoms with E-state index in [4.69, 9.17) is 0 Å². The second kappa shape index (κ2) is 5.47. The van der Waals surface area contributed by atoms with Crippen molar-refractivity contribution in [1.29, 1.82) is 0 Å². The molecule has 0 spiro atoms. The highest BCUT2D eigenvalue weighted by Crippen LogP contribution is 2.09. The Labute approximate surface area is 72.0 Å². The van der Waals surface area contributed by atoms with Crippen molar-refractivity contribution in [2.45, 2.75) is 23.7 Å². The minimum Gasteiger partial charge on any atom is -0.309 e. The Kier molecular flexibility index (Phi) is 5.89. The minimum atomic E-state index is 0.866. The van der Waals surface area contributed by atoms with E-state index in [1.165, 1.54) is 19.4 Å². The fourth-order valence-electron chi connectivity index (χ4n) is 0.602. The van der Waals surface area contributed by atoms with Gasteiger partial charge in [-0.25, -0.2) is 0 Å². The first-order valence-corrected chi connectivity index (χ1v) is 4.70. The maximum Gasteiger partial charge on any atom is 0.0119 e. The van der Waals surface area contributed by atoms with Crippen molar-refractivity contribution in [3.63, 3.8) is 0 Å². The molecule has 2 heteroatoms. The standard InChI is InChI=1S/C7H16IN/c1-4-7(8)5-6-9(2)3/h7H,4-6H2,1-3H3. The van der Waals surface area contributed by atoms with Crippen LogP contribution in [0.1, 0.15) is 19.8 Å². The highest BCUT2D eigenvalue weighted by molar-refractivity contribution is 14.1. The average molecular weight is 241 g/mol. The van der Waals surface area contributed by atoms with Crippen molar-refractivity contribution >= 4 is 22.6 Å². The quantitative estimate of drug-likeness (QED) is 0.538. The van der Waals surface area contributed by atoms with Gasteiger partial charge in [-0.3, -0.25) is 0 Å². The van der Waals surface area contributed by atoms with E-state index in [1.807, 2.05) is 0 Å². The average Bonchev–Trinajstić information content (AvgIpc) is 1.83. The Morgan fingerprint density at radius 1 is 1.44 bits per heavy atom. The number of nitrogens with zero attached hydrogens (tertiary/aromatic N) is 1. The van der Waals surface area contributed by atoms with Gasteiger partial charge in [0.2, 0.25) is 0 Å². The fraction of sp³-hybridized carbons (Fsp3) is 1.00. The summed E-state index contributed by atoms with van der Waals surface area (Å²) in [5.74, 6) is 0. The second-order valence-corrected chi connectivity index (χ2v) is 4.36. The third-order valence-corrected chi connectivity index (χ3v) is 2.84. The highest BCUT2D eigenvalue weighted by atomic mass is 127. The summed E-state index contributed by atoms with van der Waals surface area (Å²) in [5.41, 5.74) is 0. The minimum absolute atomic E-state index is 0.866. The Morgan fingerprint density at radius 3 is 2.33 bits per heavy atom. The monoisotopic (exact) mass is 241 g/mol. The first-order valence-electron chi connectivity index (χ1n) is 3.45. The van der Waals surface area contributed by atoms with E-state index in [1.54, 1.807) is 0 Å². The lowest BCUT2D eigenvalue weighted by atomic mass is 10.2. The van der Waals surface area contributed by atoms with E-state index in [9.17, 15) is 0 Å². The molecule has 0 rings (SSSR count). The van der Waals surface area contributed by atoms with Gasteiger partial charge in [-0.1, -0.05) is 29.5 Å². The zero-order valence-corrected chi connectivity index (χ0v) is 8.68. The normalized spacial score (nSPS) is 14.3. The number of halogens is 1. The van der Waals surface area contributed by atoms with Crippen LogP contribution >= 0.6 is 22.6 Å². The molecule has 0 aromatic rings. The van der Waals surface area contributed by atoms with Gasteiger partial charge in [0.15, 0.2) is 0 Å². The van der Waals surface area contributed by atoms with Crippen LogP contribution in [0.2, 0.25) is 0 Å². The van der Waals surface area contributed by atoms with Crippen LogP contribution in [-0.4, -0.2) is 29.5 Å². The molecule has 0 aliphatic rings. The van der Waals surface area contributed by atoms with E-state index >= 15 is 0 Å². The molecule has 0 bridgehead atoms. The largest absolute Gasteiger partial charge is 0.309 e. The zero-order valence-electron chi connectivity index (χ0n) is 6.52. The Hall–Kier alpha value is 0.690. The van der Waals surface area contributed by atoms with Crippen LogP contribution in [0.25, 0.3) is 0 Å². The number of rotatable bonds is 4. The molecule has 56 valence electrons. The van der Waals surface area contributed by atoms with Crippen molar-refractivity contribution in [2.75, 3.05) is 20.6 Å². The summed E-state index contributed by atoms with van der Waals surface area (Å²) in [7, 11) is 4.25. The Morgan fingerprint density at radius 2 is 2.00 bits per heavy atom. The third-order valence-electron chi connectivity index (χ3n) is 1.33. The molecular weight excluding hydrogens is 225 g/mol. The number of hydrogen-bond donors (Lipinski definition) is 0. The van der Waals surface area contributed by atoms with Gasteiger partial charge in [-0.2, -0.15) is 0 Å². The first-order chi connectivity index (χ1) is 4.16. The van der Waals surface area contributed by atoms with Crippen LogP contribution in [-0.2, 0) is 0 Å². The molecule has 0 fully saturated rings. The molecule has 1 nitrogen and oxygen atoms in total. The zero-order chi connectivity index (χ0) is 7.28. The van der Waals surface area contributed by atoms with E-state index in [0.29, 0.717) is 0 Å². The third kappa shape index (κ3) is 6.58.